The average molecular weight is 328 g/mol. The van der Waals surface area contributed by atoms with Gasteiger partial charge in [-0.05, 0) is 25.1 Å². The van der Waals surface area contributed by atoms with Crippen molar-refractivity contribution in [3.8, 4) is 0 Å². The molecule has 0 saturated carbocycles. The van der Waals surface area contributed by atoms with Crippen molar-refractivity contribution in [2.45, 2.75) is 17.1 Å². The average Bonchev–Trinajstić information content (AvgIpc) is 2.37. The van der Waals surface area contributed by atoms with Crippen molar-refractivity contribution in [2.75, 3.05) is 25.0 Å². The van der Waals surface area contributed by atoms with Crippen LogP contribution in [0, 0.1) is 5.92 Å². The number of halogens is 1. The first kappa shape index (κ1) is 16.1. The molecule has 0 aliphatic carbocycles. The molecule has 0 bridgehead atoms. The zero-order valence-electron chi connectivity index (χ0n) is 11.6. The van der Waals surface area contributed by atoms with Gasteiger partial charge < -0.3 is 16.0 Å². The maximum absolute atomic E-state index is 12.1. The Labute approximate surface area is 134 Å². The number of rotatable bonds is 3. The molecule has 21 heavy (non-hydrogen) atoms. The molecule has 2 heterocycles. The van der Waals surface area contributed by atoms with E-state index in [-0.39, 0.29) is 29.5 Å². The van der Waals surface area contributed by atoms with Crippen molar-refractivity contribution in [1.82, 2.24) is 10.6 Å². The highest BCUT2D eigenvalue weighted by atomic mass is 35.5. The minimum absolute atomic E-state index is 0. The molecule has 0 aromatic heterocycles. The first-order valence-corrected chi connectivity index (χ1v) is 7.62. The summed E-state index contributed by atoms with van der Waals surface area (Å²) in [7, 11) is 0. The number of hydrogen-bond acceptors (Lipinski definition) is 4. The number of amides is 2. The third kappa shape index (κ3) is 3.51. The normalized spacial score (nSPS) is 20.6. The SMILES string of the molecule is CC1Sc2ccc(C(=O)NCC3CNC3)cc2NC1=O.Cl. The summed E-state index contributed by atoms with van der Waals surface area (Å²) in [5, 5.41) is 8.86. The highest BCUT2D eigenvalue weighted by Gasteiger charge is 2.24. The van der Waals surface area contributed by atoms with E-state index in [2.05, 4.69) is 16.0 Å². The van der Waals surface area contributed by atoms with E-state index in [0.717, 1.165) is 23.7 Å². The molecule has 114 valence electrons. The Morgan fingerprint density at radius 2 is 2.19 bits per heavy atom. The van der Waals surface area contributed by atoms with E-state index < -0.39 is 0 Å². The zero-order chi connectivity index (χ0) is 14.1. The third-order valence-electron chi connectivity index (χ3n) is 3.59. The minimum Gasteiger partial charge on any atom is -0.352 e. The summed E-state index contributed by atoms with van der Waals surface area (Å²) in [4.78, 5) is 24.7. The Morgan fingerprint density at radius 3 is 2.86 bits per heavy atom. The van der Waals surface area contributed by atoms with Crippen LogP contribution in [0.4, 0.5) is 5.69 Å². The van der Waals surface area contributed by atoms with E-state index >= 15 is 0 Å². The van der Waals surface area contributed by atoms with Crippen LogP contribution >= 0.6 is 24.2 Å². The Kier molecular flexibility index (Phi) is 5.13. The van der Waals surface area contributed by atoms with Crippen LogP contribution in [0.1, 0.15) is 17.3 Å². The summed E-state index contributed by atoms with van der Waals surface area (Å²) in [5.74, 6) is 0.436. The van der Waals surface area contributed by atoms with Gasteiger partial charge in [-0.15, -0.1) is 24.2 Å². The summed E-state index contributed by atoms with van der Waals surface area (Å²) < 4.78 is 0. The predicted molar refractivity (Wildman–Crippen MR) is 86.3 cm³/mol. The van der Waals surface area contributed by atoms with Crippen molar-refractivity contribution < 1.29 is 9.59 Å². The number of hydrogen-bond donors (Lipinski definition) is 3. The van der Waals surface area contributed by atoms with Gasteiger partial charge in [-0.1, -0.05) is 0 Å². The van der Waals surface area contributed by atoms with Gasteiger partial charge in [0.15, 0.2) is 0 Å². The highest BCUT2D eigenvalue weighted by Crippen LogP contribution is 2.35. The lowest BCUT2D eigenvalue weighted by Gasteiger charge is -2.27. The molecule has 0 spiro atoms. The second-order valence-electron chi connectivity index (χ2n) is 5.19. The number of benzene rings is 1. The van der Waals surface area contributed by atoms with E-state index in [1.54, 1.807) is 6.07 Å². The van der Waals surface area contributed by atoms with Crippen molar-refractivity contribution >= 4 is 41.7 Å². The number of anilines is 1. The second kappa shape index (κ2) is 6.68. The number of carbonyl (C=O) groups excluding carboxylic acids is 2. The van der Waals surface area contributed by atoms with Gasteiger partial charge in [-0.25, -0.2) is 0 Å². The molecule has 1 aromatic rings. The van der Waals surface area contributed by atoms with Gasteiger partial charge in [0.25, 0.3) is 5.91 Å². The number of carbonyl (C=O) groups is 2. The van der Waals surface area contributed by atoms with Gasteiger partial charge in [-0.3, -0.25) is 9.59 Å². The van der Waals surface area contributed by atoms with Gasteiger partial charge in [0, 0.05) is 36.0 Å². The van der Waals surface area contributed by atoms with E-state index in [1.165, 1.54) is 11.8 Å². The standard InChI is InChI=1S/C14H17N3O2S.ClH/c1-8-13(18)17-11-4-10(2-3-12(11)20-8)14(19)16-7-9-5-15-6-9;/h2-4,8-9,15H,5-7H2,1H3,(H,16,19)(H,17,18);1H. The van der Waals surface area contributed by atoms with Gasteiger partial charge in [0.05, 0.1) is 10.9 Å². The molecule has 2 aliphatic rings. The summed E-state index contributed by atoms with van der Waals surface area (Å²) in [6.45, 7) is 4.50. The fraction of sp³-hybridized carbons (Fsp3) is 0.429. The smallest absolute Gasteiger partial charge is 0.251 e. The van der Waals surface area contributed by atoms with Crippen LogP contribution in [-0.4, -0.2) is 36.7 Å². The lowest BCUT2D eigenvalue weighted by molar-refractivity contribution is -0.115. The van der Waals surface area contributed by atoms with Crippen LogP contribution in [0.15, 0.2) is 23.1 Å². The van der Waals surface area contributed by atoms with E-state index in [4.69, 9.17) is 0 Å². The molecule has 5 nitrogen and oxygen atoms in total. The molecule has 2 aliphatic heterocycles. The molecular weight excluding hydrogens is 310 g/mol. The van der Waals surface area contributed by atoms with Gasteiger partial charge in [-0.2, -0.15) is 0 Å². The fourth-order valence-electron chi connectivity index (χ4n) is 2.18. The van der Waals surface area contributed by atoms with Gasteiger partial charge >= 0.3 is 0 Å². The number of thioether (sulfide) groups is 1. The first-order valence-electron chi connectivity index (χ1n) is 6.74. The maximum atomic E-state index is 12.1. The van der Waals surface area contributed by atoms with Crippen molar-refractivity contribution in [3.63, 3.8) is 0 Å². The molecule has 1 atom stereocenters. The quantitative estimate of drug-likeness (QED) is 0.786. The van der Waals surface area contributed by atoms with Crippen molar-refractivity contribution in [2.24, 2.45) is 5.92 Å². The summed E-state index contributed by atoms with van der Waals surface area (Å²) in [6.07, 6.45) is 0. The van der Waals surface area contributed by atoms with Crippen LogP contribution in [0.3, 0.4) is 0 Å². The largest absolute Gasteiger partial charge is 0.352 e. The monoisotopic (exact) mass is 327 g/mol. The first-order chi connectivity index (χ1) is 9.63. The summed E-state index contributed by atoms with van der Waals surface area (Å²) >= 11 is 1.52. The van der Waals surface area contributed by atoms with Crippen LogP contribution in [0.25, 0.3) is 0 Å². The van der Waals surface area contributed by atoms with Crippen LogP contribution < -0.4 is 16.0 Å². The van der Waals surface area contributed by atoms with Crippen LogP contribution in [-0.2, 0) is 4.79 Å². The summed E-state index contributed by atoms with van der Waals surface area (Å²) in [5.41, 5.74) is 1.32. The maximum Gasteiger partial charge on any atom is 0.251 e. The molecule has 1 aromatic carbocycles. The Hall–Kier alpha value is -1.24. The Balaban J connectivity index is 0.00000161. The molecule has 3 N–H and O–H groups in total. The topological polar surface area (TPSA) is 70.2 Å². The molecule has 3 rings (SSSR count). The Morgan fingerprint density at radius 1 is 1.43 bits per heavy atom. The molecule has 2 amide bonds. The zero-order valence-corrected chi connectivity index (χ0v) is 13.3. The lowest BCUT2D eigenvalue weighted by Crippen LogP contribution is -2.48. The molecule has 1 unspecified atom stereocenters. The van der Waals surface area contributed by atoms with Crippen LogP contribution in [0.5, 0.6) is 0 Å². The van der Waals surface area contributed by atoms with Crippen molar-refractivity contribution in [1.29, 1.82) is 0 Å². The molecular formula is C14H18ClN3O2S. The molecule has 1 saturated heterocycles. The van der Waals surface area contributed by atoms with E-state index in [0.29, 0.717) is 18.0 Å². The molecule has 7 heteroatoms. The van der Waals surface area contributed by atoms with E-state index in [9.17, 15) is 9.59 Å². The van der Waals surface area contributed by atoms with Crippen molar-refractivity contribution in [3.05, 3.63) is 23.8 Å². The predicted octanol–water partition coefficient (Wildman–Crippen LogP) is 1.49. The second-order valence-corrected chi connectivity index (χ2v) is 6.58. The highest BCUT2D eigenvalue weighted by molar-refractivity contribution is 8.00. The van der Waals surface area contributed by atoms with Gasteiger partial charge in [0.2, 0.25) is 5.91 Å². The number of nitrogens with one attached hydrogen (secondary N) is 3. The minimum atomic E-state index is -0.0895. The fourth-order valence-corrected chi connectivity index (χ4v) is 3.11. The van der Waals surface area contributed by atoms with E-state index in [1.807, 2.05) is 19.1 Å². The number of fused-ring (bicyclic) bond motifs is 1. The summed E-state index contributed by atoms with van der Waals surface area (Å²) in [6, 6.07) is 5.46. The van der Waals surface area contributed by atoms with Gasteiger partial charge in [0.1, 0.15) is 0 Å². The third-order valence-corrected chi connectivity index (χ3v) is 4.77. The lowest BCUT2D eigenvalue weighted by atomic mass is 10.0. The Bertz CT molecular complexity index is 563. The molecule has 1 fully saturated rings. The molecule has 0 radical (unpaired) electrons. The van der Waals surface area contributed by atoms with Crippen LogP contribution in [0.2, 0.25) is 0 Å².